The summed E-state index contributed by atoms with van der Waals surface area (Å²) in [5.41, 5.74) is -0.852. The smallest absolute Gasteiger partial charge is 0.438 e. The maximum Gasteiger partial charge on any atom is 0.438 e. The minimum absolute atomic E-state index is 0.149. The Hall–Kier alpha value is -2.85. The number of furan rings is 1. The van der Waals surface area contributed by atoms with Crippen LogP contribution in [0, 0.1) is 0 Å². The molecule has 0 saturated carbocycles. The number of halogens is 3. The van der Waals surface area contributed by atoms with Gasteiger partial charge in [-0.1, -0.05) is 12.1 Å². The van der Waals surface area contributed by atoms with Crippen LogP contribution in [0.4, 0.5) is 13.2 Å². The fourth-order valence-electron chi connectivity index (χ4n) is 2.75. The largest absolute Gasteiger partial charge is 0.452 e. The molecule has 0 bridgehead atoms. The maximum absolute atomic E-state index is 13.4. The number of hydrogen-bond donors (Lipinski definition) is 1. The van der Waals surface area contributed by atoms with Crippen molar-refractivity contribution < 1.29 is 26.0 Å². The highest BCUT2D eigenvalue weighted by atomic mass is 32.2. The summed E-state index contributed by atoms with van der Waals surface area (Å²) in [6.45, 7) is 0. The highest BCUT2D eigenvalue weighted by molar-refractivity contribution is 7.89. The van der Waals surface area contributed by atoms with Crippen molar-refractivity contribution in [2.45, 2.75) is 11.1 Å². The van der Waals surface area contributed by atoms with Gasteiger partial charge in [-0.05, 0) is 36.4 Å². The molecule has 2 aromatic heterocycles. The second kappa shape index (κ2) is 5.32. The van der Waals surface area contributed by atoms with Crippen molar-refractivity contribution in [3.8, 4) is 5.69 Å². The van der Waals surface area contributed by atoms with Gasteiger partial charge in [-0.15, -0.1) is 0 Å². The van der Waals surface area contributed by atoms with E-state index in [-0.39, 0.29) is 21.7 Å². The van der Waals surface area contributed by atoms with E-state index in [1.807, 2.05) is 0 Å². The Labute approximate surface area is 144 Å². The summed E-state index contributed by atoms with van der Waals surface area (Å²) in [5.74, 6) is 0. The molecule has 134 valence electrons. The van der Waals surface area contributed by atoms with Gasteiger partial charge in [0.05, 0.1) is 10.6 Å². The molecule has 0 saturated heterocycles. The molecule has 0 amide bonds. The fourth-order valence-corrected chi connectivity index (χ4v) is 3.26. The first kappa shape index (κ1) is 16.6. The summed E-state index contributed by atoms with van der Waals surface area (Å²) < 4.78 is 69.3. The van der Waals surface area contributed by atoms with E-state index in [2.05, 4.69) is 5.10 Å². The predicted octanol–water partition coefficient (Wildman–Crippen LogP) is 3.44. The van der Waals surface area contributed by atoms with E-state index in [1.54, 1.807) is 24.3 Å². The van der Waals surface area contributed by atoms with Crippen LogP contribution in [0.1, 0.15) is 5.69 Å². The number of fused-ring (bicyclic) bond motifs is 3. The van der Waals surface area contributed by atoms with Crippen LogP contribution in [0.5, 0.6) is 0 Å². The number of hydrogen-bond acceptors (Lipinski definition) is 4. The number of para-hydroxylation sites is 1. The number of aromatic nitrogens is 2. The van der Waals surface area contributed by atoms with Crippen LogP contribution >= 0.6 is 0 Å². The lowest BCUT2D eigenvalue weighted by Crippen LogP contribution is -2.12. The Morgan fingerprint density at radius 1 is 1.04 bits per heavy atom. The number of alkyl halides is 3. The molecule has 0 radical (unpaired) electrons. The quantitative estimate of drug-likeness (QED) is 0.576. The second-order valence-corrected chi connectivity index (χ2v) is 7.13. The Kier molecular flexibility index (Phi) is 3.40. The van der Waals surface area contributed by atoms with E-state index in [0.717, 1.165) is 4.68 Å². The Bertz CT molecular complexity index is 1240. The molecule has 4 rings (SSSR count). The van der Waals surface area contributed by atoms with Crippen LogP contribution in [-0.2, 0) is 16.2 Å². The molecule has 2 aromatic carbocycles. The first-order chi connectivity index (χ1) is 12.2. The van der Waals surface area contributed by atoms with Crippen LogP contribution in [0.2, 0.25) is 0 Å². The summed E-state index contributed by atoms with van der Waals surface area (Å²) in [5, 5.41) is 9.15. The molecule has 2 heterocycles. The highest BCUT2D eigenvalue weighted by Gasteiger charge is 2.39. The van der Waals surface area contributed by atoms with Crippen molar-refractivity contribution in [3.63, 3.8) is 0 Å². The van der Waals surface area contributed by atoms with Gasteiger partial charge in [-0.2, -0.15) is 18.3 Å². The zero-order valence-corrected chi connectivity index (χ0v) is 13.7. The SMILES string of the molecule is NS(=O)(=O)c1ccc(-n2nc(C(F)(F)F)c3oc4ccccc4c32)cc1. The molecule has 0 aliphatic carbocycles. The van der Waals surface area contributed by atoms with Crippen molar-refractivity contribution in [1.29, 1.82) is 0 Å². The Morgan fingerprint density at radius 3 is 2.31 bits per heavy atom. The lowest BCUT2D eigenvalue weighted by atomic mass is 10.2. The van der Waals surface area contributed by atoms with Gasteiger partial charge in [0.15, 0.2) is 5.58 Å². The standard InChI is InChI=1S/C16H10F3N3O3S/c17-16(18,19)15-14-13(11-3-1-2-4-12(11)25-14)22(21-15)9-5-7-10(8-6-9)26(20,23)24/h1-8H,(H2,20,23,24). The van der Waals surface area contributed by atoms with Gasteiger partial charge in [0.2, 0.25) is 15.7 Å². The molecular weight excluding hydrogens is 371 g/mol. The molecular formula is C16H10F3N3O3S. The van der Waals surface area contributed by atoms with Crippen molar-refractivity contribution >= 4 is 32.1 Å². The molecule has 0 unspecified atom stereocenters. The monoisotopic (exact) mass is 381 g/mol. The van der Waals surface area contributed by atoms with Gasteiger partial charge >= 0.3 is 6.18 Å². The van der Waals surface area contributed by atoms with E-state index in [9.17, 15) is 21.6 Å². The fraction of sp³-hybridized carbons (Fsp3) is 0.0625. The molecule has 0 spiro atoms. The van der Waals surface area contributed by atoms with Crippen LogP contribution in [-0.4, -0.2) is 18.2 Å². The number of nitrogens with zero attached hydrogens (tertiary/aromatic N) is 2. The highest BCUT2D eigenvalue weighted by Crippen LogP contribution is 2.39. The number of primary sulfonamides is 1. The van der Waals surface area contributed by atoms with Gasteiger partial charge in [0.1, 0.15) is 11.1 Å². The van der Waals surface area contributed by atoms with Crippen molar-refractivity contribution in [3.05, 3.63) is 54.2 Å². The van der Waals surface area contributed by atoms with Crippen molar-refractivity contribution in [2.24, 2.45) is 5.14 Å². The third kappa shape index (κ3) is 2.54. The number of benzene rings is 2. The average Bonchev–Trinajstić information content (AvgIpc) is 3.10. The summed E-state index contributed by atoms with van der Waals surface area (Å²) in [6.07, 6.45) is -4.71. The first-order valence-corrected chi connectivity index (χ1v) is 8.81. The number of nitrogens with two attached hydrogens (primary N) is 1. The molecule has 10 heteroatoms. The summed E-state index contributed by atoms with van der Waals surface area (Å²) in [6, 6.07) is 11.6. The van der Waals surface area contributed by atoms with Crippen molar-refractivity contribution in [1.82, 2.24) is 9.78 Å². The van der Waals surface area contributed by atoms with Gasteiger partial charge in [0.25, 0.3) is 0 Å². The minimum atomic E-state index is -4.71. The third-order valence-electron chi connectivity index (χ3n) is 3.87. The van der Waals surface area contributed by atoms with Gasteiger partial charge in [-0.3, -0.25) is 0 Å². The minimum Gasteiger partial charge on any atom is -0.452 e. The maximum atomic E-state index is 13.4. The second-order valence-electron chi connectivity index (χ2n) is 5.57. The molecule has 0 fully saturated rings. The van der Waals surface area contributed by atoms with Gasteiger partial charge < -0.3 is 4.42 Å². The molecule has 6 nitrogen and oxygen atoms in total. The summed E-state index contributed by atoms with van der Waals surface area (Å²) in [7, 11) is -3.91. The lowest BCUT2D eigenvalue weighted by Gasteiger charge is -2.05. The van der Waals surface area contributed by atoms with E-state index in [0.29, 0.717) is 11.0 Å². The molecule has 0 aliphatic heterocycles. The van der Waals surface area contributed by atoms with Crippen molar-refractivity contribution in [2.75, 3.05) is 0 Å². The van der Waals surface area contributed by atoms with Gasteiger partial charge in [0, 0.05) is 5.39 Å². The van der Waals surface area contributed by atoms with Crippen LogP contribution in [0.15, 0.2) is 57.8 Å². The van der Waals surface area contributed by atoms with Gasteiger partial charge in [-0.25, -0.2) is 18.2 Å². The van der Waals surface area contributed by atoms with E-state index >= 15 is 0 Å². The lowest BCUT2D eigenvalue weighted by molar-refractivity contribution is -0.140. The molecule has 26 heavy (non-hydrogen) atoms. The summed E-state index contributed by atoms with van der Waals surface area (Å²) >= 11 is 0. The summed E-state index contributed by atoms with van der Waals surface area (Å²) in [4.78, 5) is -0.155. The zero-order valence-electron chi connectivity index (χ0n) is 12.9. The Morgan fingerprint density at radius 2 is 1.69 bits per heavy atom. The third-order valence-corrected chi connectivity index (χ3v) is 4.80. The Balaban J connectivity index is 2.03. The zero-order chi connectivity index (χ0) is 18.7. The molecule has 4 aromatic rings. The van der Waals surface area contributed by atoms with E-state index in [4.69, 9.17) is 9.56 Å². The van der Waals surface area contributed by atoms with Crippen LogP contribution in [0.25, 0.3) is 27.8 Å². The van der Waals surface area contributed by atoms with E-state index < -0.39 is 21.9 Å². The average molecular weight is 381 g/mol. The van der Waals surface area contributed by atoms with E-state index in [1.165, 1.54) is 24.3 Å². The number of rotatable bonds is 2. The molecule has 0 atom stereocenters. The topological polar surface area (TPSA) is 91.1 Å². The molecule has 0 aliphatic rings. The van der Waals surface area contributed by atoms with Crippen LogP contribution in [0.3, 0.4) is 0 Å². The van der Waals surface area contributed by atoms with Crippen LogP contribution < -0.4 is 5.14 Å². The first-order valence-electron chi connectivity index (χ1n) is 7.27. The number of sulfonamides is 1. The predicted molar refractivity (Wildman–Crippen MR) is 87.2 cm³/mol. The normalized spacial score (nSPS) is 12.9. The molecule has 2 N–H and O–H groups in total.